The van der Waals surface area contributed by atoms with Gasteiger partial charge in [0.2, 0.25) is 0 Å². The molecule has 4 rings (SSSR count). The monoisotopic (exact) mass is 313 g/mol. The summed E-state index contributed by atoms with van der Waals surface area (Å²) in [6, 6.07) is 6.28. The lowest BCUT2D eigenvalue weighted by atomic mass is 10.1. The Morgan fingerprint density at radius 1 is 1.32 bits per heavy atom. The molecule has 114 valence electrons. The fraction of sp³-hybridized carbons (Fsp3) is 0.353. The molecule has 2 aromatic heterocycles. The van der Waals surface area contributed by atoms with Gasteiger partial charge in [-0.1, -0.05) is 11.3 Å². The summed E-state index contributed by atoms with van der Waals surface area (Å²) in [5.74, 6) is 0.922. The summed E-state index contributed by atoms with van der Waals surface area (Å²) < 4.78 is 7.70. The first-order valence-corrected chi connectivity index (χ1v) is 8.36. The van der Waals surface area contributed by atoms with E-state index in [0.717, 1.165) is 47.0 Å². The van der Waals surface area contributed by atoms with Crippen LogP contribution in [0.4, 0.5) is 0 Å². The van der Waals surface area contributed by atoms with Crippen LogP contribution in [0.3, 0.4) is 0 Å². The molecule has 5 heteroatoms. The molecule has 4 nitrogen and oxygen atoms in total. The Hall–Kier alpha value is -1.85. The normalized spacial score (nSPS) is 14.3. The third-order valence-electron chi connectivity index (χ3n) is 4.38. The molecule has 1 aromatic carbocycles. The number of benzene rings is 1. The zero-order chi connectivity index (χ0) is 15.3. The largest absolute Gasteiger partial charge is 0.496 e. The van der Waals surface area contributed by atoms with E-state index in [-0.39, 0.29) is 0 Å². The molecular formula is C17H19N3OS. The van der Waals surface area contributed by atoms with Crippen LogP contribution in [0.25, 0.3) is 16.2 Å². The number of fused-ring (bicyclic) bond motifs is 3. The van der Waals surface area contributed by atoms with Gasteiger partial charge in [0.25, 0.3) is 0 Å². The molecule has 1 aliphatic heterocycles. The van der Waals surface area contributed by atoms with Gasteiger partial charge in [-0.2, -0.15) is 0 Å². The van der Waals surface area contributed by atoms with Crippen molar-refractivity contribution in [2.24, 2.45) is 0 Å². The van der Waals surface area contributed by atoms with Crippen molar-refractivity contribution in [3.63, 3.8) is 0 Å². The first-order valence-electron chi connectivity index (χ1n) is 7.54. The van der Waals surface area contributed by atoms with Gasteiger partial charge in [-0.3, -0.25) is 4.40 Å². The molecule has 1 N–H and O–H groups in total. The van der Waals surface area contributed by atoms with Crippen molar-refractivity contribution in [2.75, 3.05) is 13.7 Å². The number of hydrogen-bond donors (Lipinski definition) is 1. The summed E-state index contributed by atoms with van der Waals surface area (Å²) >= 11 is 1.81. The molecule has 3 aromatic rings. The second-order valence-corrected chi connectivity index (χ2v) is 6.81. The van der Waals surface area contributed by atoms with Crippen molar-refractivity contribution >= 4 is 16.3 Å². The van der Waals surface area contributed by atoms with Crippen molar-refractivity contribution in [1.82, 2.24) is 14.7 Å². The summed E-state index contributed by atoms with van der Waals surface area (Å²) in [5.41, 5.74) is 6.05. The van der Waals surface area contributed by atoms with Gasteiger partial charge in [0, 0.05) is 41.3 Å². The van der Waals surface area contributed by atoms with E-state index in [2.05, 4.69) is 35.7 Å². The number of rotatable bonds is 2. The van der Waals surface area contributed by atoms with E-state index in [0.29, 0.717) is 0 Å². The number of ether oxygens (including phenoxy) is 1. The zero-order valence-electron chi connectivity index (χ0n) is 13.1. The Morgan fingerprint density at radius 3 is 2.95 bits per heavy atom. The Bertz CT molecular complexity index is 863. The Kier molecular flexibility index (Phi) is 3.20. The summed E-state index contributed by atoms with van der Waals surface area (Å²) in [7, 11) is 1.71. The molecule has 0 saturated carbocycles. The van der Waals surface area contributed by atoms with Crippen LogP contribution >= 0.6 is 11.3 Å². The van der Waals surface area contributed by atoms with E-state index in [9.17, 15) is 0 Å². The molecule has 1 aliphatic rings. The molecule has 0 amide bonds. The van der Waals surface area contributed by atoms with Gasteiger partial charge in [-0.25, -0.2) is 4.98 Å². The standard InChI is InChI=1S/C17H19N3OS/c1-10-8-12(4-5-14(10)21-3)16-11(2)20-13-6-7-18-9-15(13)22-17(20)19-16/h4-5,8,18H,6-7,9H2,1-3H3. The molecule has 0 aliphatic carbocycles. The van der Waals surface area contributed by atoms with Crippen molar-refractivity contribution in [1.29, 1.82) is 0 Å². The molecule has 0 unspecified atom stereocenters. The number of aromatic nitrogens is 2. The second kappa shape index (κ2) is 5.11. The summed E-state index contributed by atoms with van der Waals surface area (Å²) in [4.78, 5) is 7.43. The number of aryl methyl sites for hydroxylation is 2. The molecule has 0 radical (unpaired) electrons. The fourth-order valence-electron chi connectivity index (χ4n) is 3.25. The van der Waals surface area contributed by atoms with E-state index in [1.807, 2.05) is 6.07 Å². The van der Waals surface area contributed by atoms with Gasteiger partial charge in [0.05, 0.1) is 12.8 Å². The number of methoxy groups -OCH3 is 1. The summed E-state index contributed by atoms with van der Waals surface area (Å²) in [5, 5.41) is 3.43. The maximum atomic E-state index is 5.35. The fourth-order valence-corrected chi connectivity index (χ4v) is 4.43. The number of imidazole rings is 1. The van der Waals surface area contributed by atoms with Crippen molar-refractivity contribution in [3.8, 4) is 17.0 Å². The molecular weight excluding hydrogens is 294 g/mol. The lowest BCUT2D eigenvalue weighted by Crippen LogP contribution is -2.23. The Labute approximate surface area is 133 Å². The third-order valence-corrected chi connectivity index (χ3v) is 5.46. The first kappa shape index (κ1) is 13.8. The predicted molar refractivity (Wildman–Crippen MR) is 89.9 cm³/mol. The van der Waals surface area contributed by atoms with Crippen molar-refractivity contribution in [2.45, 2.75) is 26.8 Å². The molecule has 3 heterocycles. The van der Waals surface area contributed by atoms with E-state index in [4.69, 9.17) is 9.72 Å². The SMILES string of the molecule is COc1ccc(-c2nc3sc4c(n3c2C)CCNC4)cc1C. The average molecular weight is 313 g/mol. The molecule has 0 bridgehead atoms. The minimum Gasteiger partial charge on any atom is -0.496 e. The minimum absolute atomic E-state index is 0.922. The maximum absolute atomic E-state index is 5.35. The highest BCUT2D eigenvalue weighted by Crippen LogP contribution is 2.33. The molecule has 0 atom stereocenters. The van der Waals surface area contributed by atoms with E-state index < -0.39 is 0 Å². The maximum Gasteiger partial charge on any atom is 0.194 e. The summed E-state index contributed by atoms with van der Waals surface area (Å²) in [6.07, 6.45) is 1.08. The van der Waals surface area contributed by atoms with Crippen LogP contribution in [0.1, 0.15) is 21.8 Å². The van der Waals surface area contributed by atoms with Crippen LogP contribution in [0, 0.1) is 13.8 Å². The number of nitrogens with zero attached hydrogens (tertiary/aromatic N) is 2. The minimum atomic E-state index is 0.922. The highest BCUT2D eigenvalue weighted by molar-refractivity contribution is 7.17. The Morgan fingerprint density at radius 2 is 2.18 bits per heavy atom. The highest BCUT2D eigenvalue weighted by Gasteiger charge is 2.21. The molecule has 0 fully saturated rings. The van der Waals surface area contributed by atoms with Gasteiger partial charge in [0.1, 0.15) is 5.75 Å². The van der Waals surface area contributed by atoms with Crippen LogP contribution < -0.4 is 10.1 Å². The summed E-state index contributed by atoms with van der Waals surface area (Å²) in [6.45, 7) is 6.26. The quantitative estimate of drug-likeness (QED) is 0.788. The van der Waals surface area contributed by atoms with Gasteiger partial charge in [-0.05, 0) is 37.6 Å². The first-order chi connectivity index (χ1) is 10.7. The number of thiazole rings is 1. The lowest BCUT2D eigenvalue weighted by Gasteiger charge is -2.13. The van der Waals surface area contributed by atoms with Gasteiger partial charge in [-0.15, -0.1) is 0 Å². The van der Waals surface area contributed by atoms with Crippen LogP contribution in [0.5, 0.6) is 5.75 Å². The van der Waals surface area contributed by atoms with E-state index in [1.165, 1.54) is 16.3 Å². The smallest absolute Gasteiger partial charge is 0.194 e. The van der Waals surface area contributed by atoms with Gasteiger partial charge >= 0.3 is 0 Å². The van der Waals surface area contributed by atoms with Crippen molar-refractivity contribution in [3.05, 3.63) is 40.0 Å². The topological polar surface area (TPSA) is 38.6 Å². The van der Waals surface area contributed by atoms with Crippen LogP contribution in [0.15, 0.2) is 18.2 Å². The van der Waals surface area contributed by atoms with Crippen LogP contribution in [-0.2, 0) is 13.0 Å². The third kappa shape index (κ3) is 1.96. The average Bonchev–Trinajstić information content (AvgIpc) is 3.04. The molecule has 22 heavy (non-hydrogen) atoms. The zero-order valence-corrected chi connectivity index (χ0v) is 13.9. The van der Waals surface area contributed by atoms with Gasteiger partial charge in [0.15, 0.2) is 4.96 Å². The predicted octanol–water partition coefficient (Wildman–Crippen LogP) is 3.33. The second-order valence-electron chi connectivity index (χ2n) is 5.75. The van der Waals surface area contributed by atoms with E-state index in [1.54, 1.807) is 18.4 Å². The number of hydrogen-bond acceptors (Lipinski definition) is 4. The van der Waals surface area contributed by atoms with E-state index >= 15 is 0 Å². The van der Waals surface area contributed by atoms with Crippen LogP contribution in [0.2, 0.25) is 0 Å². The Balaban J connectivity index is 1.87. The highest BCUT2D eigenvalue weighted by atomic mass is 32.1. The molecule has 0 spiro atoms. The lowest BCUT2D eigenvalue weighted by molar-refractivity contribution is 0.412. The number of nitrogens with one attached hydrogen (secondary N) is 1. The van der Waals surface area contributed by atoms with Crippen LogP contribution in [-0.4, -0.2) is 23.0 Å². The molecule has 0 saturated heterocycles. The van der Waals surface area contributed by atoms with Gasteiger partial charge < -0.3 is 10.1 Å². The van der Waals surface area contributed by atoms with Crippen molar-refractivity contribution < 1.29 is 4.74 Å².